The quantitative estimate of drug-likeness (QED) is 0.684. The third-order valence-corrected chi connectivity index (χ3v) is 6.29. The first kappa shape index (κ1) is 19.9. The molecule has 0 aliphatic carbocycles. The first-order valence-corrected chi connectivity index (χ1v) is 10.8. The van der Waals surface area contributed by atoms with Crippen LogP contribution >= 0.6 is 11.6 Å². The molecule has 9 heteroatoms. The fraction of sp³-hybridized carbons (Fsp3) is 0.444. The number of nitrogens with one attached hydrogen (secondary N) is 2. The summed E-state index contributed by atoms with van der Waals surface area (Å²) < 4.78 is 27.3. The summed E-state index contributed by atoms with van der Waals surface area (Å²) in [6.07, 6.45) is 2.35. The predicted octanol–water partition coefficient (Wildman–Crippen LogP) is 2.74. The highest BCUT2D eigenvalue weighted by Gasteiger charge is 2.16. The van der Waals surface area contributed by atoms with Crippen molar-refractivity contribution in [1.82, 2.24) is 14.7 Å². The third kappa shape index (κ3) is 5.09. The SMILES string of the molecule is Cc1cc(N2CCCC2)nc(NCCNS(=O)(=O)c2ccc(C)c(Cl)c2)n1. The second-order valence-electron chi connectivity index (χ2n) is 6.62. The molecule has 1 fully saturated rings. The largest absolute Gasteiger partial charge is 0.356 e. The van der Waals surface area contributed by atoms with E-state index in [1.807, 2.05) is 19.9 Å². The lowest BCUT2D eigenvalue weighted by molar-refractivity contribution is 0.583. The summed E-state index contributed by atoms with van der Waals surface area (Å²) in [6.45, 7) is 6.36. The number of aromatic nitrogens is 2. The van der Waals surface area contributed by atoms with Crippen LogP contribution in [0.3, 0.4) is 0 Å². The number of halogens is 1. The van der Waals surface area contributed by atoms with Crippen LogP contribution in [0.4, 0.5) is 11.8 Å². The molecule has 3 rings (SSSR count). The normalized spacial score (nSPS) is 14.6. The van der Waals surface area contributed by atoms with Gasteiger partial charge in [-0.15, -0.1) is 0 Å². The highest BCUT2D eigenvalue weighted by atomic mass is 35.5. The van der Waals surface area contributed by atoms with Gasteiger partial charge in [0.15, 0.2) is 0 Å². The van der Waals surface area contributed by atoms with Crippen LogP contribution in [0, 0.1) is 13.8 Å². The highest BCUT2D eigenvalue weighted by molar-refractivity contribution is 7.89. The van der Waals surface area contributed by atoms with Crippen LogP contribution in [-0.4, -0.2) is 44.6 Å². The van der Waals surface area contributed by atoms with Gasteiger partial charge in [-0.3, -0.25) is 0 Å². The molecule has 2 aromatic rings. The average Bonchev–Trinajstić information content (AvgIpc) is 3.15. The van der Waals surface area contributed by atoms with Crippen LogP contribution in [0.5, 0.6) is 0 Å². The molecule has 7 nitrogen and oxygen atoms in total. The van der Waals surface area contributed by atoms with Crippen molar-refractivity contribution in [3.8, 4) is 0 Å². The van der Waals surface area contributed by atoms with Gasteiger partial charge in [-0.2, -0.15) is 4.98 Å². The zero-order chi connectivity index (χ0) is 19.4. The fourth-order valence-corrected chi connectivity index (χ4v) is 4.23. The molecule has 0 amide bonds. The Labute approximate surface area is 165 Å². The Balaban J connectivity index is 1.57. The van der Waals surface area contributed by atoms with Gasteiger partial charge in [0.1, 0.15) is 5.82 Å². The number of nitrogens with zero attached hydrogens (tertiary/aromatic N) is 3. The molecule has 27 heavy (non-hydrogen) atoms. The summed E-state index contributed by atoms with van der Waals surface area (Å²) in [6, 6.07) is 6.66. The van der Waals surface area contributed by atoms with Gasteiger partial charge in [0.25, 0.3) is 0 Å². The predicted molar refractivity (Wildman–Crippen MR) is 108 cm³/mol. The maximum absolute atomic E-state index is 12.4. The fourth-order valence-electron chi connectivity index (χ4n) is 2.92. The van der Waals surface area contributed by atoms with Crippen molar-refractivity contribution < 1.29 is 8.42 Å². The Morgan fingerprint density at radius 3 is 2.56 bits per heavy atom. The molecular weight excluding hydrogens is 386 g/mol. The number of rotatable bonds is 7. The van der Waals surface area contributed by atoms with E-state index in [9.17, 15) is 8.42 Å². The van der Waals surface area contributed by atoms with E-state index in [1.54, 1.807) is 12.1 Å². The van der Waals surface area contributed by atoms with E-state index in [0.717, 1.165) is 30.2 Å². The van der Waals surface area contributed by atoms with Gasteiger partial charge in [-0.25, -0.2) is 18.1 Å². The zero-order valence-corrected chi connectivity index (χ0v) is 17.1. The van der Waals surface area contributed by atoms with Gasteiger partial charge >= 0.3 is 0 Å². The van der Waals surface area contributed by atoms with Gasteiger partial charge in [0.05, 0.1) is 4.90 Å². The summed E-state index contributed by atoms with van der Waals surface area (Å²) in [4.78, 5) is 11.3. The average molecular weight is 410 g/mol. The van der Waals surface area contributed by atoms with Crippen molar-refractivity contribution in [2.24, 2.45) is 0 Å². The molecular formula is C18H24ClN5O2S. The topological polar surface area (TPSA) is 87.2 Å². The minimum Gasteiger partial charge on any atom is -0.356 e. The molecule has 1 aliphatic rings. The number of sulfonamides is 1. The van der Waals surface area contributed by atoms with Crippen LogP contribution in [0.1, 0.15) is 24.1 Å². The number of hydrogen-bond donors (Lipinski definition) is 2. The van der Waals surface area contributed by atoms with Gasteiger partial charge in [0, 0.05) is 43.0 Å². The maximum Gasteiger partial charge on any atom is 0.240 e. The zero-order valence-electron chi connectivity index (χ0n) is 15.5. The summed E-state index contributed by atoms with van der Waals surface area (Å²) in [5, 5.41) is 3.52. The standard InChI is InChI=1S/C18H24ClN5O2S/c1-13-5-6-15(12-16(13)19)27(25,26)21-8-7-20-18-22-14(2)11-17(23-18)24-9-3-4-10-24/h5-6,11-12,21H,3-4,7-10H2,1-2H3,(H,20,22,23). The van der Waals surface area contributed by atoms with E-state index in [2.05, 4.69) is 24.9 Å². The molecule has 146 valence electrons. The first-order chi connectivity index (χ1) is 12.8. The lowest BCUT2D eigenvalue weighted by Gasteiger charge is -2.17. The van der Waals surface area contributed by atoms with E-state index in [4.69, 9.17) is 11.6 Å². The minimum absolute atomic E-state index is 0.154. The molecule has 0 unspecified atom stereocenters. The number of benzene rings is 1. The first-order valence-electron chi connectivity index (χ1n) is 8.95. The van der Waals surface area contributed by atoms with Gasteiger partial charge < -0.3 is 10.2 Å². The Morgan fingerprint density at radius 2 is 1.85 bits per heavy atom. The molecule has 1 aromatic carbocycles. The summed E-state index contributed by atoms with van der Waals surface area (Å²) in [5.41, 5.74) is 1.71. The van der Waals surface area contributed by atoms with E-state index in [-0.39, 0.29) is 11.4 Å². The highest BCUT2D eigenvalue weighted by Crippen LogP contribution is 2.21. The van der Waals surface area contributed by atoms with Gasteiger partial charge in [-0.05, 0) is 44.4 Å². The number of anilines is 2. The molecule has 1 saturated heterocycles. The van der Waals surface area contributed by atoms with Crippen LogP contribution < -0.4 is 14.9 Å². The Hall–Kier alpha value is -1.90. The van der Waals surface area contributed by atoms with Crippen LogP contribution in [0.25, 0.3) is 0 Å². The second kappa shape index (κ2) is 8.41. The van der Waals surface area contributed by atoms with Crippen molar-refractivity contribution in [3.05, 3.63) is 40.5 Å². The molecule has 2 N–H and O–H groups in total. The third-order valence-electron chi connectivity index (χ3n) is 4.42. The van der Waals surface area contributed by atoms with E-state index < -0.39 is 10.0 Å². The number of aryl methyl sites for hydroxylation is 2. The van der Waals surface area contributed by atoms with Crippen molar-refractivity contribution >= 4 is 33.4 Å². The molecule has 0 atom stereocenters. The van der Waals surface area contributed by atoms with Crippen LogP contribution in [-0.2, 0) is 10.0 Å². The van der Waals surface area contributed by atoms with Crippen LogP contribution in [0.15, 0.2) is 29.2 Å². The van der Waals surface area contributed by atoms with Gasteiger partial charge in [-0.1, -0.05) is 17.7 Å². The van der Waals surface area contributed by atoms with Gasteiger partial charge in [0.2, 0.25) is 16.0 Å². The monoisotopic (exact) mass is 409 g/mol. The second-order valence-corrected chi connectivity index (χ2v) is 8.79. The summed E-state index contributed by atoms with van der Waals surface area (Å²) in [5.74, 6) is 1.42. The molecule has 0 bridgehead atoms. The summed E-state index contributed by atoms with van der Waals surface area (Å²) >= 11 is 6.02. The van der Waals surface area contributed by atoms with Crippen molar-refractivity contribution in [1.29, 1.82) is 0 Å². The Morgan fingerprint density at radius 1 is 1.11 bits per heavy atom. The van der Waals surface area contributed by atoms with Crippen LogP contribution in [0.2, 0.25) is 5.02 Å². The number of hydrogen-bond acceptors (Lipinski definition) is 6. The van der Waals surface area contributed by atoms with Crippen molar-refractivity contribution in [2.45, 2.75) is 31.6 Å². The molecule has 1 aliphatic heterocycles. The molecule has 0 radical (unpaired) electrons. The lowest BCUT2D eigenvalue weighted by Crippen LogP contribution is -2.29. The maximum atomic E-state index is 12.4. The summed E-state index contributed by atoms with van der Waals surface area (Å²) in [7, 11) is -3.61. The van der Waals surface area contributed by atoms with E-state index >= 15 is 0 Å². The molecule has 1 aromatic heterocycles. The Kier molecular flexibility index (Phi) is 6.18. The smallest absolute Gasteiger partial charge is 0.240 e. The van der Waals surface area contributed by atoms with Crippen molar-refractivity contribution in [2.75, 3.05) is 36.4 Å². The van der Waals surface area contributed by atoms with E-state index in [0.29, 0.717) is 17.5 Å². The Bertz CT molecular complexity index is 914. The van der Waals surface area contributed by atoms with E-state index in [1.165, 1.54) is 18.9 Å². The lowest BCUT2D eigenvalue weighted by atomic mass is 10.2. The van der Waals surface area contributed by atoms with Crippen molar-refractivity contribution in [3.63, 3.8) is 0 Å². The minimum atomic E-state index is -3.61. The molecule has 0 saturated carbocycles. The molecule has 0 spiro atoms. The molecule has 2 heterocycles.